The standard InChI is InChI=1S/C29H38O7/c1-28(2)25-15-21-11-19(14-24(33-6)27(21)36-29(25,3)10-9-26(28)30)7-8-20-12-22(34-17-31-4)16-23(13-20)35-18-32-5/h7-8,11-14,16,25-26,30H,9-10,15,17-18H2,1-6H3/b8-7+/t25-,26-,29-/m1/s1. The normalized spacial score (nSPS) is 24.5. The molecule has 2 aromatic carbocycles. The monoisotopic (exact) mass is 498 g/mol. The maximum atomic E-state index is 10.7. The zero-order chi connectivity index (χ0) is 25.9. The molecular weight excluding hydrogens is 460 g/mol. The Bertz CT molecular complexity index is 1070. The molecular formula is C29H38O7. The zero-order valence-electron chi connectivity index (χ0n) is 22.1. The Labute approximate surface area is 213 Å². The molecule has 0 saturated heterocycles. The van der Waals surface area contributed by atoms with Crippen LogP contribution in [0.2, 0.25) is 0 Å². The molecule has 3 atom stereocenters. The van der Waals surface area contributed by atoms with E-state index in [0.717, 1.165) is 47.5 Å². The van der Waals surface area contributed by atoms with Crippen LogP contribution in [0.15, 0.2) is 30.3 Å². The highest BCUT2D eigenvalue weighted by molar-refractivity contribution is 5.73. The molecule has 2 aromatic rings. The van der Waals surface area contributed by atoms with Gasteiger partial charge in [-0.1, -0.05) is 26.0 Å². The predicted molar refractivity (Wildman–Crippen MR) is 139 cm³/mol. The molecule has 0 aromatic heterocycles. The van der Waals surface area contributed by atoms with Gasteiger partial charge in [0.25, 0.3) is 0 Å². The van der Waals surface area contributed by atoms with Crippen molar-refractivity contribution in [3.05, 3.63) is 47.0 Å². The summed E-state index contributed by atoms with van der Waals surface area (Å²) in [7, 11) is 4.83. The van der Waals surface area contributed by atoms with E-state index in [2.05, 4.69) is 26.8 Å². The van der Waals surface area contributed by atoms with Crippen molar-refractivity contribution in [2.24, 2.45) is 11.3 Å². The first-order valence-electron chi connectivity index (χ1n) is 12.3. The fourth-order valence-corrected chi connectivity index (χ4v) is 5.54. The van der Waals surface area contributed by atoms with Crippen molar-refractivity contribution < 1.29 is 33.5 Å². The van der Waals surface area contributed by atoms with E-state index in [4.69, 9.17) is 28.4 Å². The summed E-state index contributed by atoms with van der Waals surface area (Å²) in [5.74, 6) is 3.00. The fourth-order valence-electron chi connectivity index (χ4n) is 5.54. The summed E-state index contributed by atoms with van der Waals surface area (Å²) in [5.41, 5.74) is 2.42. The number of hydrogen-bond acceptors (Lipinski definition) is 7. The van der Waals surface area contributed by atoms with Crippen LogP contribution in [0.3, 0.4) is 0 Å². The third-order valence-corrected chi connectivity index (χ3v) is 7.60. The summed E-state index contributed by atoms with van der Waals surface area (Å²) in [6.45, 7) is 6.76. The number of aliphatic hydroxyl groups is 1. The van der Waals surface area contributed by atoms with Gasteiger partial charge < -0.3 is 33.5 Å². The van der Waals surface area contributed by atoms with Crippen molar-refractivity contribution >= 4 is 12.2 Å². The van der Waals surface area contributed by atoms with E-state index in [1.54, 1.807) is 27.4 Å². The minimum Gasteiger partial charge on any atom is -0.493 e. The van der Waals surface area contributed by atoms with E-state index < -0.39 is 0 Å². The van der Waals surface area contributed by atoms with Gasteiger partial charge in [-0.2, -0.15) is 0 Å². The lowest BCUT2D eigenvalue weighted by molar-refractivity contribution is -0.138. The quantitative estimate of drug-likeness (QED) is 0.370. The molecule has 196 valence electrons. The maximum absolute atomic E-state index is 10.7. The lowest BCUT2D eigenvalue weighted by Crippen LogP contribution is -2.58. The second-order valence-corrected chi connectivity index (χ2v) is 10.4. The molecule has 7 heteroatoms. The second-order valence-electron chi connectivity index (χ2n) is 10.4. The lowest BCUT2D eigenvalue weighted by atomic mass is 9.57. The molecule has 7 nitrogen and oxygen atoms in total. The van der Waals surface area contributed by atoms with E-state index >= 15 is 0 Å². The van der Waals surface area contributed by atoms with Crippen molar-refractivity contribution in [1.82, 2.24) is 0 Å². The van der Waals surface area contributed by atoms with Crippen LogP contribution in [-0.2, 0) is 15.9 Å². The summed E-state index contributed by atoms with van der Waals surface area (Å²) >= 11 is 0. The number of hydrogen-bond donors (Lipinski definition) is 1. The molecule has 1 saturated carbocycles. The van der Waals surface area contributed by atoms with Gasteiger partial charge >= 0.3 is 0 Å². The Morgan fingerprint density at radius 3 is 2.11 bits per heavy atom. The summed E-state index contributed by atoms with van der Waals surface area (Å²) in [6.07, 6.45) is 6.08. The van der Waals surface area contributed by atoms with Gasteiger partial charge in [0.15, 0.2) is 25.1 Å². The topological polar surface area (TPSA) is 75.6 Å². The third-order valence-electron chi connectivity index (χ3n) is 7.60. The highest BCUT2D eigenvalue weighted by Gasteiger charge is 2.54. The number of aliphatic hydroxyl groups excluding tert-OH is 1. The Hall–Kier alpha value is -2.74. The van der Waals surface area contributed by atoms with Crippen LogP contribution in [0.1, 0.15) is 50.3 Å². The van der Waals surface area contributed by atoms with Gasteiger partial charge in [-0.15, -0.1) is 0 Å². The van der Waals surface area contributed by atoms with Crippen LogP contribution in [0.4, 0.5) is 0 Å². The van der Waals surface area contributed by atoms with Crippen LogP contribution < -0.4 is 18.9 Å². The first-order chi connectivity index (χ1) is 17.2. The molecule has 1 N–H and O–H groups in total. The van der Waals surface area contributed by atoms with Crippen molar-refractivity contribution in [1.29, 1.82) is 0 Å². The van der Waals surface area contributed by atoms with Crippen molar-refractivity contribution in [2.45, 2.75) is 51.7 Å². The Balaban J connectivity index is 1.65. The molecule has 0 unspecified atom stereocenters. The molecule has 1 fully saturated rings. The summed E-state index contributed by atoms with van der Waals surface area (Å²) in [6, 6.07) is 9.79. The Morgan fingerprint density at radius 2 is 1.53 bits per heavy atom. The SMILES string of the molecule is COCOc1cc(/C=C/c2cc3c(c(OC)c2)O[C@]2(C)CC[C@@H](O)C(C)(C)[C@H]2C3)cc(OCOC)c1. The first kappa shape index (κ1) is 26.3. The highest BCUT2D eigenvalue weighted by atomic mass is 16.7. The van der Waals surface area contributed by atoms with Crippen LogP contribution in [0.25, 0.3) is 12.2 Å². The average molecular weight is 499 g/mol. The highest BCUT2D eigenvalue weighted by Crippen LogP contribution is 2.54. The molecule has 0 amide bonds. The number of fused-ring (bicyclic) bond motifs is 2. The van der Waals surface area contributed by atoms with Crippen molar-refractivity contribution in [3.8, 4) is 23.0 Å². The molecule has 1 aliphatic carbocycles. The van der Waals surface area contributed by atoms with E-state index in [9.17, 15) is 5.11 Å². The van der Waals surface area contributed by atoms with Gasteiger partial charge in [0.05, 0.1) is 13.2 Å². The number of rotatable bonds is 9. The predicted octanol–water partition coefficient (Wildman–Crippen LogP) is 5.32. The van der Waals surface area contributed by atoms with Crippen LogP contribution in [-0.4, -0.2) is 51.7 Å². The van der Waals surface area contributed by atoms with E-state index in [-0.39, 0.29) is 36.6 Å². The van der Waals surface area contributed by atoms with Crippen molar-refractivity contribution in [2.75, 3.05) is 34.9 Å². The summed E-state index contributed by atoms with van der Waals surface area (Å²) in [4.78, 5) is 0. The summed E-state index contributed by atoms with van der Waals surface area (Å²) < 4.78 is 33.7. The molecule has 36 heavy (non-hydrogen) atoms. The third kappa shape index (κ3) is 5.33. The van der Waals surface area contributed by atoms with Gasteiger partial charge in [-0.25, -0.2) is 0 Å². The summed E-state index contributed by atoms with van der Waals surface area (Å²) in [5, 5.41) is 10.7. The van der Waals surface area contributed by atoms with E-state index in [1.165, 1.54) is 0 Å². The fraction of sp³-hybridized carbons (Fsp3) is 0.517. The van der Waals surface area contributed by atoms with Gasteiger partial charge in [-0.3, -0.25) is 0 Å². The molecule has 0 bridgehead atoms. The van der Waals surface area contributed by atoms with Gasteiger partial charge in [0.1, 0.15) is 17.1 Å². The molecule has 2 aliphatic rings. The Morgan fingerprint density at radius 1 is 0.917 bits per heavy atom. The van der Waals surface area contributed by atoms with Gasteiger partial charge in [0.2, 0.25) is 0 Å². The molecule has 1 aliphatic heterocycles. The molecule has 0 spiro atoms. The molecule has 0 radical (unpaired) electrons. The largest absolute Gasteiger partial charge is 0.493 e. The van der Waals surface area contributed by atoms with Crippen LogP contribution in [0, 0.1) is 11.3 Å². The zero-order valence-corrected chi connectivity index (χ0v) is 22.1. The minimum atomic E-state index is -0.340. The molecule has 4 rings (SSSR count). The van der Waals surface area contributed by atoms with Gasteiger partial charge in [-0.05, 0) is 72.6 Å². The number of benzene rings is 2. The van der Waals surface area contributed by atoms with E-state index in [1.807, 2.05) is 30.4 Å². The van der Waals surface area contributed by atoms with Crippen LogP contribution >= 0.6 is 0 Å². The van der Waals surface area contributed by atoms with Crippen molar-refractivity contribution in [3.63, 3.8) is 0 Å². The smallest absolute Gasteiger partial charge is 0.188 e. The van der Waals surface area contributed by atoms with Gasteiger partial charge in [0, 0.05) is 26.2 Å². The average Bonchev–Trinajstić information content (AvgIpc) is 2.86. The first-order valence-corrected chi connectivity index (χ1v) is 12.3. The van der Waals surface area contributed by atoms with Crippen LogP contribution in [0.5, 0.6) is 23.0 Å². The van der Waals surface area contributed by atoms with E-state index in [0.29, 0.717) is 11.5 Å². The molecule has 1 heterocycles. The second kappa shape index (κ2) is 10.7. The Kier molecular flexibility index (Phi) is 7.83. The number of ether oxygens (including phenoxy) is 6. The maximum Gasteiger partial charge on any atom is 0.188 e. The number of methoxy groups -OCH3 is 3. The lowest BCUT2D eigenvalue weighted by Gasteiger charge is -2.55. The minimum absolute atomic E-state index is 0.143.